The van der Waals surface area contributed by atoms with Crippen LogP contribution in [-0.2, 0) is 5.33 Å². The first-order valence-corrected chi connectivity index (χ1v) is 6.49. The van der Waals surface area contributed by atoms with Crippen molar-refractivity contribution in [2.75, 3.05) is 5.32 Å². The minimum atomic E-state index is -0.240. The van der Waals surface area contributed by atoms with Crippen molar-refractivity contribution in [2.24, 2.45) is 0 Å². The molecule has 0 unspecified atom stereocenters. The Labute approximate surface area is 109 Å². The van der Waals surface area contributed by atoms with Crippen LogP contribution in [-0.4, -0.2) is 0 Å². The molecule has 2 aromatic rings. The van der Waals surface area contributed by atoms with Crippen LogP contribution in [0.3, 0.4) is 0 Å². The van der Waals surface area contributed by atoms with Crippen LogP contribution in [0.1, 0.15) is 11.1 Å². The van der Waals surface area contributed by atoms with Crippen molar-refractivity contribution < 1.29 is 4.39 Å². The summed E-state index contributed by atoms with van der Waals surface area (Å²) in [5, 5.41) is 3.80. The van der Waals surface area contributed by atoms with Gasteiger partial charge in [0.25, 0.3) is 0 Å². The van der Waals surface area contributed by atoms with E-state index in [0.717, 1.165) is 16.6 Å². The average Bonchev–Trinajstić information content (AvgIpc) is 2.35. The van der Waals surface area contributed by atoms with Crippen LogP contribution in [0.15, 0.2) is 42.5 Å². The average molecular weight is 294 g/mol. The third kappa shape index (κ3) is 3.07. The maximum atomic E-state index is 13.6. The first-order valence-electron chi connectivity index (χ1n) is 5.37. The molecule has 0 bridgehead atoms. The molecule has 2 rings (SSSR count). The molecule has 1 nitrogen and oxygen atoms in total. The molecule has 0 aromatic heterocycles. The van der Waals surface area contributed by atoms with E-state index < -0.39 is 0 Å². The van der Waals surface area contributed by atoms with E-state index in [1.165, 1.54) is 11.6 Å². The maximum absolute atomic E-state index is 13.6. The van der Waals surface area contributed by atoms with E-state index in [1.54, 1.807) is 6.07 Å². The number of aryl methyl sites for hydroxylation is 1. The monoisotopic (exact) mass is 293 g/mol. The van der Waals surface area contributed by atoms with Crippen LogP contribution < -0.4 is 5.32 Å². The predicted octanol–water partition coefficient (Wildman–Crippen LogP) is 4.77. The molecule has 0 fully saturated rings. The summed E-state index contributed by atoms with van der Waals surface area (Å²) in [4.78, 5) is 0. The van der Waals surface area contributed by atoms with Gasteiger partial charge in [-0.15, -0.1) is 0 Å². The third-order valence-corrected chi connectivity index (χ3v) is 3.16. The molecule has 0 aliphatic carbocycles. The molecule has 2 aromatic carbocycles. The molecule has 0 atom stereocenters. The number of benzene rings is 2. The summed E-state index contributed by atoms with van der Waals surface area (Å²) >= 11 is 3.36. The number of nitrogens with one attached hydrogen (secondary N) is 1. The molecule has 0 spiro atoms. The van der Waals surface area contributed by atoms with Crippen LogP contribution in [0.5, 0.6) is 0 Å². The quantitative estimate of drug-likeness (QED) is 0.804. The largest absolute Gasteiger partial charge is 0.353 e. The number of hydrogen-bond donors (Lipinski definition) is 1. The van der Waals surface area contributed by atoms with Gasteiger partial charge < -0.3 is 5.32 Å². The Kier molecular flexibility index (Phi) is 3.79. The Bertz CT molecular complexity index is 508. The fourth-order valence-corrected chi connectivity index (χ4v) is 1.89. The number of alkyl halides is 1. The molecular formula is C14H13BrFN. The van der Waals surface area contributed by atoms with E-state index >= 15 is 0 Å². The van der Waals surface area contributed by atoms with Gasteiger partial charge in [-0.2, -0.15) is 0 Å². The molecule has 3 heteroatoms. The first kappa shape index (κ1) is 12.1. The summed E-state index contributed by atoms with van der Waals surface area (Å²) in [6.45, 7) is 2.02. The second kappa shape index (κ2) is 5.32. The van der Waals surface area contributed by atoms with Crippen LogP contribution in [0, 0.1) is 12.7 Å². The SMILES string of the molecule is Cc1ccc(Nc2cc(CBr)ccc2F)cc1. The Morgan fingerprint density at radius 3 is 2.47 bits per heavy atom. The van der Waals surface area contributed by atoms with Crippen LogP contribution in [0.2, 0.25) is 0 Å². The molecule has 0 aliphatic rings. The first-order chi connectivity index (χ1) is 8.19. The summed E-state index contributed by atoms with van der Waals surface area (Å²) in [5.41, 5.74) is 3.62. The van der Waals surface area contributed by atoms with Gasteiger partial charge in [0.2, 0.25) is 0 Å². The van der Waals surface area contributed by atoms with Gasteiger partial charge in [0.15, 0.2) is 0 Å². The summed E-state index contributed by atoms with van der Waals surface area (Å²) in [5.74, 6) is -0.240. The van der Waals surface area contributed by atoms with E-state index in [2.05, 4.69) is 21.2 Å². The van der Waals surface area contributed by atoms with E-state index in [0.29, 0.717) is 5.69 Å². The molecule has 0 aliphatic heterocycles. The summed E-state index contributed by atoms with van der Waals surface area (Å²) in [6, 6.07) is 12.9. The highest BCUT2D eigenvalue weighted by molar-refractivity contribution is 9.08. The zero-order chi connectivity index (χ0) is 12.3. The van der Waals surface area contributed by atoms with Crippen LogP contribution in [0.4, 0.5) is 15.8 Å². The van der Waals surface area contributed by atoms with Crippen molar-refractivity contribution in [3.8, 4) is 0 Å². The lowest BCUT2D eigenvalue weighted by Gasteiger charge is -2.09. The standard InChI is InChI=1S/C14H13BrFN/c1-10-2-5-12(6-3-10)17-14-8-11(9-15)4-7-13(14)16/h2-8,17H,9H2,1H3. The highest BCUT2D eigenvalue weighted by Crippen LogP contribution is 2.22. The summed E-state index contributed by atoms with van der Waals surface area (Å²) in [7, 11) is 0. The van der Waals surface area contributed by atoms with Crippen molar-refractivity contribution in [1.82, 2.24) is 0 Å². The number of rotatable bonds is 3. The van der Waals surface area contributed by atoms with Crippen molar-refractivity contribution in [1.29, 1.82) is 0 Å². The maximum Gasteiger partial charge on any atom is 0.146 e. The second-order valence-corrected chi connectivity index (χ2v) is 4.50. The number of hydrogen-bond acceptors (Lipinski definition) is 1. The molecule has 0 saturated carbocycles. The lowest BCUT2D eigenvalue weighted by Crippen LogP contribution is -1.95. The normalized spacial score (nSPS) is 10.3. The van der Waals surface area contributed by atoms with Crippen molar-refractivity contribution >= 4 is 27.3 Å². The van der Waals surface area contributed by atoms with Gasteiger partial charge in [-0.25, -0.2) is 4.39 Å². The number of anilines is 2. The molecule has 17 heavy (non-hydrogen) atoms. The minimum Gasteiger partial charge on any atom is -0.353 e. The Balaban J connectivity index is 2.25. The van der Waals surface area contributed by atoms with E-state index in [9.17, 15) is 4.39 Å². The van der Waals surface area contributed by atoms with Gasteiger partial charge in [0.1, 0.15) is 5.82 Å². The Morgan fingerprint density at radius 2 is 1.82 bits per heavy atom. The minimum absolute atomic E-state index is 0.240. The van der Waals surface area contributed by atoms with Crippen molar-refractivity contribution in [3.05, 3.63) is 59.4 Å². The molecule has 0 radical (unpaired) electrons. The summed E-state index contributed by atoms with van der Waals surface area (Å²) in [6.07, 6.45) is 0. The summed E-state index contributed by atoms with van der Waals surface area (Å²) < 4.78 is 13.6. The van der Waals surface area contributed by atoms with E-state index in [1.807, 2.05) is 37.3 Å². The lowest BCUT2D eigenvalue weighted by molar-refractivity contribution is 0.631. The molecule has 0 amide bonds. The molecule has 0 heterocycles. The predicted molar refractivity (Wildman–Crippen MR) is 73.5 cm³/mol. The molecule has 88 valence electrons. The van der Waals surface area contributed by atoms with Crippen molar-refractivity contribution in [3.63, 3.8) is 0 Å². The zero-order valence-electron chi connectivity index (χ0n) is 9.50. The van der Waals surface area contributed by atoms with E-state index in [-0.39, 0.29) is 5.82 Å². The van der Waals surface area contributed by atoms with Crippen LogP contribution >= 0.6 is 15.9 Å². The highest BCUT2D eigenvalue weighted by atomic mass is 79.9. The molecule has 1 N–H and O–H groups in total. The van der Waals surface area contributed by atoms with Crippen LogP contribution in [0.25, 0.3) is 0 Å². The zero-order valence-corrected chi connectivity index (χ0v) is 11.1. The van der Waals surface area contributed by atoms with E-state index in [4.69, 9.17) is 0 Å². The second-order valence-electron chi connectivity index (χ2n) is 3.94. The number of halogens is 2. The highest BCUT2D eigenvalue weighted by Gasteiger charge is 2.03. The topological polar surface area (TPSA) is 12.0 Å². The van der Waals surface area contributed by atoms with Gasteiger partial charge in [-0.1, -0.05) is 39.7 Å². The van der Waals surface area contributed by atoms with Gasteiger partial charge in [-0.3, -0.25) is 0 Å². The molecule has 0 saturated heterocycles. The lowest BCUT2D eigenvalue weighted by atomic mass is 10.2. The third-order valence-electron chi connectivity index (χ3n) is 2.52. The fourth-order valence-electron chi connectivity index (χ4n) is 1.54. The Morgan fingerprint density at radius 1 is 1.12 bits per heavy atom. The smallest absolute Gasteiger partial charge is 0.146 e. The van der Waals surface area contributed by atoms with Crippen molar-refractivity contribution in [2.45, 2.75) is 12.3 Å². The van der Waals surface area contributed by atoms with Gasteiger partial charge in [0, 0.05) is 11.0 Å². The van der Waals surface area contributed by atoms with Gasteiger partial charge in [0.05, 0.1) is 5.69 Å². The Hall–Kier alpha value is -1.35. The molecular weight excluding hydrogens is 281 g/mol. The fraction of sp³-hybridized carbons (Fsp3) is 0.143. The van der Waals surface area contributed by atoms with Gasteiger partial charge >= 0.3 is 0 Å². The van der Waals surface area contributed by atoms with Gasteiger partial charge in [-0.05, 0) is 36.8 Å².